The van der Waals surface area contributed by atoms with Gasteiger partial charge in [-0.3, -0.25) is 4.79 Å². The second-order valence-corrected chi connectivity index (χ2v) is 4.97. The van der Waals surface area contributed by atoms with Crippen LogP contribution in [0.4, 0.5) is 0 Å². The fourth-order valence-corrected chi connectivity index (χ4v) is 2.23. The average molecular weight is 291 g/mol. The van der Waals surface area contributed by atoms with Gasteiger partial charge in [-0.2, -0.15) is 15.0 Å². The Bertz CT molecular complexity index is 880. The molecule has 0 atom stereocenters. The highest BCUT2D eigenvalue weighted by Gasteiger charge is 2.15. The van der Waals surface area contributed by atoms with E-state index in [0.29, 0.717) is 11.3 Å². The van der Waals surface area contributed by atoms with E-state index in [1.807, 2.05) is 19.9 Å². The molecule has 0 aliphatic carbocycles. The molecule has 6 heteroatoms. The summed E-state index contributed by atoms with van der Waals surface area (Å²) in [5.74, 6) is -0.266. The lowest BCUT2D eigenvalue weighted by Crippen LogP contribution is -2.15. The molecule has 0 bridgehead atoms. The molecule has 2 aromatic heterocycles. The SMILES string of the molecule is Cc1cc(C)n(C(=O)c2cn(-c3ccc(C#N)cc3)cn2)n1. The molecule has 0 fully saturated rings. The van der Waals surface area contributed by atoms with Gasteiger partial charge >= 0.3 is 0 Å². The van der Waals surface area contributed by atoms with Crippen molar-refractivity contribution >= 4 is 5.91 Å². The Morgan fingerprint density at radius 1 is 1.23 bits per heavy atom. The minimum absolute atomic E-state index is 0.266. The lowest BCUT2D eigenvalue weighted by atomic mass is 10.2. The Labute approximate surface area is 127 Å². The van der Waals surface area contributed by atoms with Crippen molar-refractivity contribution < 1.29 is 4.79 Å². The smallest absolute Gasteiger partial charge is 0.298 e. The molecule has 0 amide bonds. The topological polar surface area (TPSA) is 76.5 Å². The summed E-state index contributed by atoms with van der Waals surface area (Å²) in [5.41, 5.74) is 3.30. The summed E-state index contributed by atoms with van der Waals surface area (Å²) in [6.07, 6.45) is 3.22. The van der Waals surface area contributed by atoms with Crippen LogP contribution in [0.5, 0.6) is 0 Å². The van der Waals surface area contributed by atoms with Crippen molar-refractivity contribution in [3.8, 4) is 11.8 Å². The minimum atomic E-state index is -0.266. The average Bonchev–Trinajstić information content (AvgIpc) is 3.13. The highest BCUT2D eigenvalue weighted by Crippen LogP contribution is 2.12. The van der Waals surface area contributed by atoms with Gasteiger partial charge < -0.3 is 4.57 Å². The summed E-state index contributed by atoms with van der Waals surface area (Å²) < 4.78 is 3.08. The fraction of sp³-hybridized carbons (Fsp3) is 0.125. The summed E-state index contributed by atoms with van der Waals surface area (Å²) in [7, 11) is 0. The van der Waals surface area contributed by atoms with Crippen molar-refractivity contribution in [2.45, 2.75) is 13.8 Å². The Morgan fingerprint density at radius 3 is 2.55 bits per heavy atom. The molecule has 0 aliphatic heterocycles. The second-order valence-electron chi connectivity index (χ2n) is 4.97. The zero-order valence-electron chi connectivity index (χ0n) is 12.2. The van der Waals surface area contributed by atoms with E-state index in [1.54, 1.807) is 41.4 Å². The maximum Gasteiger partial charge on any atom is 0.298 e. The number of hydrogen-bond acceptors (Lipinski definition) is 4. The largest absolute Gasteiger partial charge is 0.305 e. The molecule has 0 aliphatic rings. The molecule has 3 aromatic rings. The molecule has 3 rings (SSSR count). The Morgan fingerprint density at radius 2 is 1.95 bits per heavy atom. The lowest BCUT2D eigenvalue weighted by Gasteiger charge is -2.01. The fourth-order valence-electron chi connectivity index (χ4n) is 2.23. The van der Waals surface area contributed by atoms with Crippen molar-refractivity contribution in [3.05, 3.63) is 65.5 Å². The Kier molecular flexibility index (Phi) is 3.31. The third-order valence-electron chi connectivity index (χ3n) is 3.30. The number of carbonyl (C=O) groups excluding carboxylic acids is 1. The van der Waals surface area contributed by atoms with Crippen LogP contribution in [0.1, 0.15) is 27.4 Å². The summed E-state index contributed by atoms with van der Waals surface area (Å²) >= 11 is 0. The van der Waals surface area contributed by atoms with Gasteiger partial charge in [0.05, 0.1) is 17.3 Å². The van der Waals surface area contributed by atoms with E-state index in [1.165, 1.54) is 4.68 Å². The highest BCUT2D eigenvalue weighted by molar-refractivity contribution is 5.93. The summed E-state index contributed by atoms with van der Waals surface area (Å²) in [6, 6.07) is 11.0. The van der Waals surface area contributed by atoms with Crippen LogP contribution in [0.2, 0.25) is 0 Å². The third-order valence-corrected chi connectivity index (χ3v) is 3.30. The molecule has 0 N–H and O–H groups in total. The first-order chi connectivity index (χ1) is 10.6. The van der Waals surface area contributed by atoms with E-state index in [4.69, 9.17) is 5.26 Å². The van der Waals surface area contributed by atoms with Gasteiger partial charge in [-0.15, -0.1) is 0 Å². The highest BCUT2D eigenvalue weighted by atomic mass is 16.2. The van der Waals surface area contributed by atoms with Crippen molar-refractivity contribution in [1.29, 1.82) is 5.26 Å². The first kappa shape index (κ1) is 13.8. The summed E-state index contributed by atoms with van der Waals surface area (Å²) in [4.78, 5) is 16.6. The van der Waals surface area contributed by atoms with E-state index in [9.17, 15) is 4.79 Å². The van der Waals surface area contributed by atoms with Crippen LogP contribution >= 0.6 is 0 Å². The maximum absolute atomic E-state index is 12.4. The first-order valence-corrected chi connectivity index (χ1v) is 6.71. The van der Waals surface area contributed by atoms with E-state index in [-0.39, 0.29) is 5.91 Å². The van der Waals surface area contributed by atoms with Crippen LogP contribution in [-0.2, 0) is 0 Å². The van der Waals surface area contributed by atoms with Crippen molar-refractivity contribution in [3.63, 3.8) is 0 Å². The molecular weight excluding hydrogens is 278 g/mol. The zero-order chi connectivity index (χ0) is 15.7. The molecule has 1 aromatic carbocycles. The Balaban J connectivity index is 1.91. The van der Waals surface area contributed by atoms with Crippen LogP contribution in [0.3, 0.4) is 0 Å². The number of benzene rings is 1. The third kappa shape index (κ3) is 2.40. The first-order valence-electron chi connectivity index (χ1n) is 6.71. The number of nitriles is 1. The van der Waals surface area contributed by atoms with E-state index >= 15 is 0 Å². The maximum atomic E-state index is 12.4. The molecule has 0 saturated carbocycles. The molecule has 108 valence electrons. The molecule has 6 nitrogen and oxygen atoms in total. The van der Waals surface area contributed by atoms with Gasteiger partial charge in [-0.25, -0.2) is 4.98 Å². The van der Waals surface area contributed by atoms with Crippen LogP contribution in [0, 0.1) is 25.2 Å². The molecule has 0 unspecified atom stereocenters. The predicted octanol–water partition coefficient (Wildman–Crippen LogP) is 2.25. The minimum Gasteiger partial charge on any atom is -0.305 e. The normalized spacial score (nSPS) is 10.4. The number of aromatic nitrogens is 4. The molecule has 0 radical (unpaired) electrons. The molecular formula is C16H13N5O. The predicted molar refractivity (Wildman–Crippen MR) is 79.7 cm³/mol. The van der Waals surface area contributed by atoms with Crippen molar-refractivity contribution in [2.75, 3.05) is 0 Å². The standard InChI is InChI=1S/C16H13N5O/c1-11-7-12(2)21(19-11)16(22)15-9-20(10-18-15)14-5-3-13(8-17)4-6-14/h3-7,9-10H,1-2H3. The van der Waals surface area contributed by atoms with Gasteiger partial charge in [0.25, 0.3) is 5.91 Å². The summed E-state index contributed by atoms with van der Waals surface area (Å²) in [5, 5.41) is 13.0. The van der Waals surface area contributed by atoms with Crippen LogP contribution in [0.25, 0.3) is 5.69 Å². The monoisotopic (exact) mass is 291 g/mol. The Hall–Kier alpha value is -3.20. The molecule has 22 heavy (non-hydrogen) atoms. The lowest BCUT2D eigenvalue weighted by molar-refractivity contribution is 0.0938. The molecule has 0 saturated heterocycles. The van der Waals surface area contributed by atoms with Gasteiger partial charge in [-0.1, -0.05) is 0 Å². The van der Waals surface area contributed by atoms with Gasteiger partial charge in [0, 0.05) is 17.6 Å². The van der Waals surface area contributed by atoms with E-state index in [0.717, 1.165) is 17.1 Å². The molecule has 2 heterocycles. The number of aryl methyl sites for hydroxylation is 2. The van der Waals surface area contributed by atoms with E-state index in [2.05, 4.69) is 16.2 Å². The van der Waals surface area contributed by atoms with Crippen LogP contribution < -0.4 is 0 Å². The number of imidazole rings is 1. The molecule has 0 spiro atoms. The quantitative estimate of drug-likeness (QED) is 0.725. The number of carbonyl (C=O) groups is 1. The van der Waals surface area contributed by atoms with E-state index < -0.39 is 0 Å². The number of hydrogen-bond donors (Lipinski definition) is 0. The van der Waals surface area contributed by atoms with Crippen LogP contribution in [-0.4, -0.2) is 25.2 Å². The van der Waals surface area contributed by atoms with Crippen molar-refractivity contribution in [2.24, 2.45) is 0 Å². The van der Waals surface area contributed by atoms with Gasteiger partial charge in [0.1, 0.15) is 12.0 Å². The number of rotatable bonds is 2. The van der Waals surface area contributed by atoms with Gasteiger partial charge in [0.2, 0.25) is 0 Å². The van der Waals surface area contributed by atoms with Gasteiger partial charge in [-0.05, 0) is 44.2 Å². The van der Waals surface area contributed by atoms with Crippen LogP contribution in [0.15, 0.2) is 42.9 Å². The van der Waals surface area contributed by atoms with Gasteiger partial charge in [0.15, 0.2) is 0 Å². The number of nitrogens with zero attached hydrogens (tertiary/aromatic N) is 5. The second kappa shape index (κ2) is 5.30. The zero-order valence-corrected chi connectivity index (χ0v) is 12.2. The van der Waals surface area contributed by atoms with Crippen molar-refractivity contribution in [1.82, 2.24) is 19.3 Å². The summed E-state index contributed by atoms with van der Waals surface area (Å²) in [6.45, 7) is 3.67.